The molecular weight excluding hydrogens is 218 g/mol. The van der Waals surface area contributed by atoms with E-state index in [2.05, 4.69) is 5.32 Å². The fourth-order valence-electron chi connectivity index (χ4n) is 1.62. The number of anilines is 1. The molecule has 0 aliphatic rings. The Hall–Kier alpha value is -1.55. The molecule has 0 saturated heterocycles. The molecule has 0 aliphatic heterocycles. The summed E-state index contributed by atoms with van der Waals surface area (Å²) < 4.78 is 4.76. The molecule has 17 heavy (non-hydrogen) atoms. The van der Waals surface area contributed by atoms with Crippen LogP contribution in [-0.4, -0.2) is 24.7 Å². The number of carbonyl (C=O) groups is 1. The normalized spacial score (nSPS) is 10.6. The topological polar surface area (TPSA) is 58.6 Å². The summed E-state index contributed by atoms with van der Waals surface area (Å²) in [6, 6.07) is 3.47. The number of carbonyl (C=O) groups excluding carboxylic acids is 1. The summed E-state index contributed by atoms with van der Waals surface area (Å²) in [5.41, 5.74) is 2.37. The Morgan fingerprint density at radius 3 is 2.65 bits per heavy atom. The summed E-state index contributed by atoms with van der Waals surface area (Å²) in [5, 5.41) is 12.5. The van der Waals surface area contributed by atoms with Crippen LogP contribution >= 0.6 is 0 Å². The summed E-state index contributed by atoms with van der Waals surface area (Å²) in [4.78, 5) is 11.4. The summed E-state index contributed by atoms with van der Waals surface area (Å²) in [6.07, 6.45) is 0. The molecule has 1 aromatic rings. The van der Waals surface area contributed by atoms with Crippen molar-refractivity contribution in [1.29, 1.82) is 0 Å². The second-order valence-electron chi connectivity index (χ2n) is 4.36. The number of hydrogen-bond donors (Lipinski definition) is 2. The molecule has 0 unspecified atom stereocenters. The number of aromatic hydroxyl groups is 1. The second-order valence-corrected chi connectivity index (χ2v) is 4.36. The minimum absolute atomic E-state index is 0.0251. The summed E-state index contributed by atoms with van der Waals surface area (Å²) in [5.74, 6) is 0.270. The minimum atomic E-state index is -0.198. The molecule has 1 aromatic carbocycles. The number of ether oxygens (including phenoxy) is 1. The van der Waals surface area contributed by atoms with Gasteiger partial charge in [0.1, 0.15) is 12.4 Å². The smallest absolute Gasteiger partial charge is 0.250 e. The Balaban J connectivity index is 2.99. The van der Waals surface area contributed by atoms with E-state index >= 15 is 0 Å². The fraction of sp³-hybridized carbons (Fsp3) is 0.462. The fourth-order valence-corrected chi connectivity index (χ4v) is 1.62. The van der Waals surface area contributed by atoms with Gasteiger partial charge in [0.05, 0.1) is 0 Å². The Morgan fingerprint density at radius 2 is 2.12 bits per heavy atom. The number of aryl methyl sites for hydroxylation is 1. The molecule has 4 heteroatoms. The van der Waals surface area contributed by atoms with Gasteiger partial charge in [-0.1, -0.05) is 13.8 Å². The molecule has 0 aromatic heterocycles. The Kier molecular flexibility index (Phi) is 4.52. The molecule has 1 rings (SSSR count). The number of phenols is 1. The Labute approximate surface area is 102 Å². The van der Waals surface area contributed by atoms with Crippen LogP contribution in [0.4, 0.5) is 5.69 Å². The van der Waals surface area contributed by atoms with E-state index in [1.165, 1.54) is 7.11 Å². The molecule has 0 heterocycles. The first-order valence-electron chi connectivity index (χ1n) is 5.58. The quantitative estimate of drug-likeness (QED) is 0.791. The van der Waals surface area contributed by atoms with E-state index in [9.17, 15) is 9.90 Å². The van der Waals surface area contributed by atoms with E-state index in [1.54, 1.807) is 6.07 Å². The first-order valence-corrected chi connectivity index (χ1v) is 5.58. The maximum Gasteiger partial charge on any atom is 0.250 e. The lowest BCUT2D eigenvalue weighted by Crippen LogP contribution is -2.18. The molecule has 94 valence electrons. The van der Waals surface area contributed by atoms with Gasteiger partial charge in [0, 0.05) is 12.8 Å². The van der Waals surface area contributed by atoms with Crippen molar-refractivity contribution in [3.63, 3.8) is 0 Å². The molecule has 4 nitrogen and oxygen atoms in total. The number of nitrogens with one attached hydrogen (secondary N) is 1. The van der Waals surface area contributed by atoms with Crippen molar-refractivity contribution < 1.29 is 14.6 Å². The molecule has 1 amide bonds. The lowest BCUT2D eigenvalue weighted by atomic mass is 9.99. The summed E-state index contributed by atoms with van der Waals surface area (Å²) in [6.45, 7) is 5.85. The Morgan fingerprint density at radius 1 is 1.47 bits per heavy atom. The zero-order valence-corrected chi connectivity index (χ0v) is 10.7. The van der Waals surface area contributed by atoms with Crippen LogP contribution in [0.25, 0.3) is 0 Å². The van der Waals surface area contributed by atoms with Crippen molar-refractivity contribution >= 4 is 11.6 Å². The molecule has 0 saturated carbocycles. The van der Waals surface area contributed by atoms with Gasteiger partial charge in [-0.25, -0.2) is 0 Å². The highest BCUT2D eigenvalue weighted by Crippen LogP contribution is 2.31. The third kappa shape index (κ3) is 3.46. The van der Waals surface area contributed by atoms with Gasteiger partial charge < -0.3 is 15.2 Å². The molecule has 0 radical (unpaired) electrons. The van der Waals surface area contributed by atoms with Crippen molar-refractivity contribution in [2.75, 3.05) is 19.0 Å². The van der Waals surface area contributed by atoms with Gasteiger partial charge >= 0.3 is 0 Å². The van der Waals surface area contributed by atoms with Crippen LogP contribution in [0.5, 0.6) is 5.75 Å². The van der Waals surface area contributed by atoms with Crippen LogP contribution in [0, 0.1) is 6.92 Å². The molecule has 0 fully saturated rings. The zero-order chi connectivity index (χ0) is 13.0. The van der Waals surface area contributed by atoms with Gasteiger partial charge in [-0.2, -0.15) is 0 Å². The van der Waals surface area contributed by atoms with Gasteiger partial charge in [0.25, 0.3) is 0 Å². The highest BCUT2D eigenvalue weighted by Gasteiger charge is 2.11. The summed E-state index contributed by atoms with van der Waals surface area (Å²) in [7, 11) is 1.48. The SMILES string of the molecule is COCC(=O)Nc1cc(C(C)C)c(O)cc1C. The van der Waals surface area contributed by atoms with Crippen LogP contribution < -0.4 is 5.32 Å². The van der Waals surface area contributed by atoms with E-state index in [-0.39, 0.29) is 24.2 Å². The molecule has 0 atom stereocenters. The van der Waals surface area contributed by atoms with Gasteiger partial charge in [-0.05, 0) is 36.1 Å². The lowest BCUT2D eigenvalue weighted by Gasteiger charge is -2.14. The van der Waals surface area contributed by atoms with E-state index in [0.717, 1.165) is 11.1 Å². The number of methoxy groups -OCH3 is 1. The predicted octanol–water partition coefficient (Wildman–Crippen LogP) is 2.41. The average molecular weight is 237 g/mol. The van der Waals surface area contributed by atoms with Crippen LogP contribution in [0.15, 0.2) is 12.1 Å². The third-order valence-electron chi connectivity index (χ3n) is 2.55. The lowest BCUT2D eigenvalue weighted by molar-refractivity contribution is -0.119. The van der Waals surface area contributed by atoms with Crippen LogP contribution in [0.2, 0.25) is 0 Å². The molecule has 0 spiro atoms. The first-order chi connectivity index (χ1) is 7.95. The second kappa shape index (κ2) is 5.68. The number of rotatable bonds is 4. The first kappa shape index (κ1) is 13.5. The van der Waals surface area contributed by atoms with Crippen molar-refractivity contribution in [2.24, 2.45) is 0 Å². The average Bonchev–Trinajstić information content (AvgIpc) is 2.21. The minimum Gasteiger partial charge on any atom is -0.508 e. The molecule has 0 bridgehead atoms. The highest BCUT2D eigenvalue weighted by atomic mass is 16.5. The van der Waals surface area contributed by atoms with Crippen LogP contribution in [0.1, 0.15) is 30.9 Å². The van der Waals surface area contributed by atoms with Crippen molar-refractivity contribution in [3.8, 4) is 5.75 Å². The van der Waals surface area contributed by atoms with Crippen LogP contribution in [0.3, 0.4) is 0 Å². The molecule has 2 N–H and O–H groups in total. The van der Waals surface area contributed by atoms with Crippen molar-refractivity contribution in [3.05, 3.63) is 23.3 Å². The van der Waals surface area contributed by atoms with Gasteiger partial charge in [0.15, 0.2) is 0 Å². The largest absolute Gasteiger partial charge is 0.508 e. The number of benzene rings is 1. The molecular formula is C13H19NO3. The van der Waals surface area contributed by atoms with Gasteiger partial charge in [0.2, 0.25) is 5.91 Å². The standard InChI is InChI=1S/C13H19NO3/c1-8(2)10-6-11(9(3)5-12(10)15)14-13(16)7-17-4/h5-6,8,15H,7H2,1-4H3,(H,14,16). The number of amides is 1. The van der Waals surface area contributed by atoms with E-state index < -0.39 is 0 Å². The predicted molar refractivity (Wildman–Crippen MR) is 67.4 cm³/mol. The van der Waals surface area contributed by atoms with E-state index in [4.69, 9.17) is 4.74 Å². The van der Waals surface area contributed by atoms with E-state index in [0.29, 0.717) is 5.69 Å². The molecule has 0 aliphatic carbocycles. The van der Waals surface area contributed by atoms with Crippen LogP contribution in [-0.2, 0) is 9.53 Å². The van der Waals surface area contributed by atoms with E-state index in [1.807, 2.05) is 26.8 Å². The maximum atomic E-state index is 11.4. The maximum absolute atomic E-state index is 11.4. The number of hydrogen-bond acceptors (Lipinski definition) is 3. The number of phenolic OH excluding ortho intramolecular Hbond substituents is 1. The van der Waals surface area contributed by atoms with Gasteiger partial charge in [-0.15, -0.1) is 0 Å². The third-order valence-corrected chi connectivity index (χ3v) is 2.55. The Bertz CT molecular complexity index is 413. The monoisotopic (exact) mass is 237 g/mol. The zero-order valence-electron chi connectivity index (χ0n) is 10.7. The van der Waals surface area contributed by atoms with Gasteiger partial charge in [-0.3, -0.25) is 4.79 Å². The van der Waals surface area contributed by atoms with Crippen molar-refractivity contribution in [1.82, 2.24) is 0 Å². The van der Waals surface area contributed by atoms with Crippen molar-refractivity contribution in [2.45, 2.75) is 26.7 Å². The summed E-state index contributed by atoms with van der Waals surface area (Å²) >= 11 is 0. The highest BCUT2D eigenvalue weighted by molar-refractivity contribution is 5.92.